The molecule has 0 aliphatic carbocycles. The third-order valence-corrected chi connectivity index (χ3v) is 15.7. The topological polar surface area (TPSA) is 307 Å². The van der Waals surface area contributed by atoms with E-state index in [4.69, 9.17) is 28.4 Å². The van der Waals surface area contributed by atoms with Gasteiger partial charge in [-0.05, 0) is 70.6 Å². The molecule has 0 aromatic heterocycles. The van der Waals surface area contributed by atoms with E-state index in [1.54, 1.807) is 6.08 Å². The van der Waals surface area contributed by atoms with Crippen molar-refractivity contribution in [3.05, 3.63) is 85.1 Å². The normalized spacial score (nSPS) is 29.5. The summed E-state index contributed by atoms with van der Waals surface area (Å²) < 4.78 is 34.3. The third kappa shape index (κ3) is 30.8. The minimum absolute atomic E-state index is 0.221. The Hall–Kier alpha value is -3.03. The second kappa shape index (κ2) is 47.9. The highest BCUT2D eigenvalue weighted by Gasteiger charge is 2.53. The molecule has 0 bridgehead atoms. The highest BCUT2D eigenvalue weighted by Crippen LogP contribution is 2.33. The molecule has 19 nitrogen and oxygen atoms in total. The highest BCUT2D eigenvalue weighted by atomic mass is 16.8. The van der Waals surface area contributed by atoms with E-state index in [0.29, 0.717) is 6.42 Å². The van der Waals surface area contributed by atoms with Crippen molar-refractivity contribution in [1.29, 1.82) is 0 Å². The van der Waals surface area contributed by atoms with Gasteiger partial charge in [0.25, 0.3) is 0 Å². The number of ether oxygens (including phenoxy) is 6. The second-order valence-corrected chi connectivity index (χ2v) is 22.8. The smallest absolute Gasteiger partial charge is 0.220 e. The lowest BCUT2D eigenvalue weighted by Crippen LogP contribution is -2.66. The molecule has 17 unspecified atom stereocenters. The average molecular weight is 1210 g/mol. The summed E-state index contributed by atoms with van der Waals surface area (Å²) in [5, 5.41) is 120. The SMILES string of the molecule is CC/C=C\C/C=C\C/C=C\C/C=C\C/C=C\C/C=C\CCCCCCCCC(=O)NC(COC1OC(CO)C(OC2OC(CO)C(OC3OC(CO)C(O)C(O)C3O)C(O)C2O)C(O)C1O)C(O)/C=C/CCCCCCCCCCCCCCC. The Balaban J connectivity index is 1.47. The number of amides is 1. The van der Waals surface area contributed by atoms with Gasteiger partial charge in [0.05, 0.1) is 38.6 Å². The summed E-state index contributed by atoms with van der Waals surface area (Å²) in [4.78, 5) is 13.4. The number of aliphatic hydroxyl groups is 11. The van der Waals surface area contributed by atoms with Crippen molar-refractivity contribution < 1.29 is 89.4 Å². The molecular weight excluding hydrogens is 1090 g/mol. The van der Waals surface area contributed by atoms with Crippen molar-refractivity contribution >= 4 is 5.91 Å². The van der Waals surface area contributed by atoms with E-state index in [0.717, 1.165) is 103 Å². The molecular formula is C66H113NO18. The Bertz CT molecular complexity index is 1880. The fourth-order valence-electron chi connectivity index (χ4n) is 10.4. The monoisotopic (exact) mass is 1210 g/mol. The van der Waals surface area contributed by atoms with Gasteiger partial charge in [0.15, 0.2) is 18.9 Å². The molecule has 0 saturated carbocycles. The van der Waals surface area contributed by atoms with Crippen LogP contribution in [0.15, 0.2) is 85.1 Å². The summed E-state index contributed by atoms with van der Waals surface area (Å²) in [6, 6.07) is -0.986. The second-order valence-electron chi connectivity index (χ2n) is 22.8. The van der Waals surface area contributed by atoms with Crippen LogP contribution >= 0.6 is 0 Å². The Morgan fingerprint density at radius 1 is 0.435 bits per heavy atom. The zero-order valence-corrected chi connectivity index (χ0v) is 51.3. The first kappa shape index (κ1) is 76.2. The predicted molar refractivity (Wildman–Crippen MR) is 328 cm³/mol. The van der Waals surface area contributed by atoms with Crippen LogP contribution in [-0.2, 0) is 33.2 Å². The number of carbonyl (C=O) groups is 1. The Labute approximate surface area is 508 Å². The van der Waals surface area contributed by atoms with Gasteiger partial charge in [0.1, 0.15) is 73.2 Å². The fraction of sp³-hybridized carbons (Fsp3) is 0.773. The molecule has 3 fully saturated rings. The number of hydrogen-bond donors (Lipinski definition) is 12. The molecule has 3 rings (SSSR count). The molecule has 19 heteroatoms. The van der Waals surface area contributed by atoms with E-state index in [9.17, 15) is 61.0 Å². The van der Waals surface area contributed by atoms with Gasteiger partial charge in [0.2, 0.25) is 5.91 Å². The minimum atomic E-state index is -1.98. The Kier molecular flexibility index (Phi) is 43.0. The van der Waals surface area contributed by atoms with Crippen LogP contribution in [0.3, 0.4) is 0 Å². The van der Waals surface area contributed by atoms with Gasteiger partial charge in [-0.2, -0.15) is 0 Å². The zero-order valence-electron chi connectivity index (χ0n) is 51.3. The van der Waals surface area contributed by atoms with E-state index in [-0.39, 0.29) is 18.9 Å². The Morgan fingerprint density at radius 3 is 1.27 bits per heavy atom. The van der Waals surface area contributed by atoms with Crippen molar-refractivity contribution in [2.45, 2.75) is 298 Å². The lowest BCUT2D eigenvalue weighted by molar-refractivity contribution is -0.379. The van der Waals surface area contributed by atoms with Crippen molar-refractivity contribution in [2.24, 2.45) is 0 Å². The number of rotatable bonds is 47. The summed E-state index contributed by atoms with van der Waals surface area (Å²) >= 11 is 0. The highest BCUT2D eigenvalue weighted by molar-refractivity contribution is 5.76. The quantitative estimate of drug-likeness (QED) is 0.0213. The number of hydrogen-bond acceptors (Lipinski definition) is 18. The number of carbonyl (C=O) groups excluding carboxylic acids is 1. The van der Waals surface area contributed by atoms with Crippen LogP contribution in [0.5, 0.6) is 0 Å². The van der Waals surface area contributed by atoms with Crippen LogP contribution < -0.4 is 5.32 Å². The molecule has 3 aliphatic rings. The van der Waals surface area contributed by atoms with E-state index in [1.807, 2.05) is 6.08 Å². The van der Waals surface area contributed by atoms with E-state index in [2.05, 4.69) is 92.1 Å². The molecule has 17 atom stereocenters. The molecule has 0 aromatic carbocycles. The summed E-state index contributed by atoms with van der Waals surface area (Å²) in [5.41, 5.74) is 0. The van der Waals surface area contributed by atoms with Crippen LogP contribution in [0.4, 0.5) is 0 Å². The summed E-state index contributed by atoms with van der Waals surface area (Å²) in [6.45, 7) is 1.58. The first-order valence-electron chi connectivity index (χ1n) is 32.3. The predicted octanol–water partition coefficient (Wildman–Crippen LogP) is 7.15. The average Bonchev–Trinajstić information content (AvgIpc) is 3.63. The van der Waals surface area contributed by atoms with Gasteiger partial charge < -0.3 is 89.9 Å². The van der Waals surface area contributed by atoms with E-state index in [1.165, 1.54) is 64.2 Å². The zero-order chi connectivity index (χ0) is 61.9. The molecule has 3 saturated heterocycles. The minimum Gasteiger partial charge on any atom is -0.394 e. The van der Waals surface area contributed by atoms with Crippen molar-refractivity contribution in [1.82, 2.24) is 5.32 Å². The first-order chi connectivity index (χ1) is 41.3. The van der Waals surface area contributed by atoms with Gasteiger partial charge >= 0.3 is 0 Å². The summed E-state index contributed by atoms with van der Waals surface area (Å²) in [6.07, 6.45) is 32.6. The molecule has 3 heterocycles. The molecule has 3 aliphatic heterocycles. The first-order valence-corrected chi connectivity index (χ1v) is 32.3. The molecule has 0 spiro atoms. The third-order valence-electron chi connectivity index (χ3n) is 15.7. The number of aliphatic hydroxyl groups excluding tert-OH is 11. The molecule has 490 valence electrons. The summed E-state index contributed by atoms with van der Waals surface area (Å²) in [7, 11) is 0. The maximum absolute atomic E-state index is 13.4. The lowest BCUT2D eigenvalue weighted by atomic mass is 9.96. The number of unbranched alkanes of at least 4 members (excludes halogenated alkanes) is 19. The number of allylic oxidation sites excluding steroid dienone is 13. The standard InChI is InChI=1S/C66H113NO18/c1-3-5-7-9-11-13-15-17-19-20-21-22-23-24-25-26-27-28-30-32-34-36-38-40-42-44-54(72)67-49(50(71)43-41-39-37-35-33-31-29-18-16-14-12-10-8-6-4-2)48-80-64-60(78)57(75)62(52(46-69)82-64)85-66-61(79)58(76)63(53(47-70)83-66)84-65-59(77)56(74)55(73)51(45-68)81-65/h5,7,11,13,17,19,21-22,24-25,27-28,41,43,49-53,55-66,68-71,73-79H,3-4,6,8-10,12,14-16,18,20,23,26,29-40,42,44-48H2,1-2H3,(H,67,72)/b7-5-,13-11-,19-17-,22-21-,25-24-,28-27-,43-41+. The maximum Gasteiger partial charge on any atom is 0.220 e. The van der Waals surface area contributed by atoms with Crippen molar-refractivity contribution in [2.75, 3.05) is 26.4 Å². The van der Waals surface area contributed by atoms with Gasteiger partial charge in [-0.3, -0.25) is 4.79 Å². The lowest BCUT2D eigenvalue weighted by Gasteiger charge is -2.48. The van der Waals surface area contributed by atoms with Crippen LogP contribution in [0.2, 0.25) is 0 Å². The molecule has 85 heavy (non-hydrogen) atoms. The van der Waals surface area contributed by atoms with Gasteiger partial charge in [-0.15, -0.1) is 0 Å². The fourth-order valence-corrected chi connectivity index (χ4v) is 10.4. The largest absolute Gasteiger partial charge is 0.394 e. The van der Waals surface area contributed by atoms with Gasteiger partial charge in [0, 0.05) is 6.42 Å². The molecule has 0 aromatic rings. The molecule has 1 amide bonds. The summed E-state index contributed by atoms with van der Waals surface area (Å²) in [5.74, 6) is -0.294. The molecule has 0 radical (unpaired) electrons. The maximum atomic E-state index is 13.4. The van der Waals surface area contributed by atoms with Crippen LogP contribution in [-0.4, -0.2) is 193 Å². The Morgan fingerprint density at radius 2 is 0.812 bits per heavy atom. The van der Waals surface area contributed by atoms with Crippen molar-refractivity contribution in [3.63, 3.8) is 0 Å². The van der Waals surface area contributed by atoms with Crippen molar-refractivity contribution in [3.8, 4) is 0 Å². The van der Waals surface area contributed by atoms with Crippen LogP contribution in [0.1, 0.15) is 194 Å². The molecule has 12 N–H and O–H groups in total. The van der Waals surface area contributed by atoms with Crippen LogP contribution in [0, 0.1) is 0 Å². The van der Waals surface area contributed by atoms with Gasteiger partial charge in [-0.25, -0.2) is 0 Å². The van der Waals surface area contributed by atoms with Gasteiger partial charge in [-0.1, -0.05) is 202 Å². The van der Waals surface area contributed by atoms with E-state index < -0.39 is 124 Å². The number of nitrogens with one attached hydrogen (secondary N) is 1. The van der Waals surface area contributed by atoms with Crippen LogP contribution in [0.25, 0.3) is 0 Å². The van der Waals surface area contributed by atoms with E-state index >= 15 is 0 Å².